The van der Waals surface area contributed by atoms with Crippen LogP contribution in [0.5, 0.6) is 0 Å². The summed E-state index contributed by atoms with van der Waals surface area (Å²) in [7, 11) is 0. The van der Waals surface area contributed by atoms with E-state index >= 15 is 0 Å². The summed E-state index contributed by atoms with van der Waals surface area (Å²) >= 11 is 0. The summed E-state index contributed by atoms with van der Waals surface area (Å²) in [5, 5.41) is 0.565. The van der Waals surface area contributed by atoms with Crippen LogP contribution in [0.15, 0.2) is 42.6 Å². The van der Waals surface area contributed by atoms with Crippen molar-refractivity contribution in [3.8, 4) is 11.3 Å². The van der Waals surface area contributed by atoms with Crippen LogP contribution in [-0.4, -0.2) is 9.55 Å². The third-order valence-corrected chi connectivity index (χ3v) is 3.82. The van der Waals surface area contributed by atoms with Crippen LogP contribution in [0.4, 0.5) is 17.6 Å². The lowest BCUT2D eigenvalue weighted by Gasteiger charge is -2.19. The number of alkyl halides is 3. The zero-order valence-corrected chi connectivity index (χ0v) is 14.2. The number of hydrogen-bond acceptors (Lipinski definition) is 1. The zero-order chi connectivity index (χ0) is 18.4. The van der Waals surface area contributed by atoms with Gasteiger partial charge in [-0.25, -0.2) is 9.37 Å². The number of nitrogens with zero attached hydrogens (tertiary/aromatic N) is 2. The molecular formula is C19H18F4N2. The van der Waals surface area contributed by atoms with Crippen LogP contribution in [-0.2, 0) is 12.7 Å². The highest BCUT2D eigenvalue weighted by Crippen LogP contribution is 2.37. The van der Waals surface area contributed by atoms with Gasteiger partial charge in [-0.05, 0) is 23.6 Å². The molecule has 0 aliphatic rings. The maximum atomic E-state index is 14.5. The van der Waals surface area contributed by atoms with Crippen molar-refractivity contribution in [2.24, 2.45) is 5.41 Å². The van der Waals surface area contributed by atoms with Crippen molar-refractivity contribution < 1.29 is 17.6 Å². The molecule has 3 aromatic rings. The molecule has 0 N–H and O–H groups in total. The summed E-state index contributed by atoms with van der Waals surface area (Å²) in [6, 6.07) is 7.88. The maximum absolute atomic E-state index is 14.5. The van der Waals surface area contributed by atoms with Crippen molar-refractivity contribution in [3.63, 3.8) is 0 Å². The number of benzene rings is 1. The molecule has 132 valence electrons. The van der Waals surface area contributed by atoms with Crippen LogP contribution < -0.4 is 0 Å². The molecule has 3 rings (SSSR count). The Kier molecular flexibility index (Phi) is 4.09. The first-order valence-electron chi connectivity index (χ1n) is 7.88. The second kappa shape index (κ2) is 5.86. The first kappa shape index (κ1) is 17.5. The molecule has 1 aromatic carbocycles. The smallest absolute Gasteiger partial charge is 0.332 e. The second-order valence-corrected chi connectivity index (χ2v) is 7.28. The summed E-state index contributed by atoms with van der Waals surface area (Å²) < 4.78 is 56.1. The summed E-state index contributed by atoms with van der Waals surface area (Å²) in [5.41, 5.74) is -1.00. The normalized spacial score (nSPS) is 12.8. The van der Waals surface area contributed by atoms with Gasteiger partial charge in [0.15, 0.2) is 0 Å². The predicted octanol–water partition coefficient (Wildman–Crippen LogP) is 5.91. The molecule has 0 amide bonds. The Morgan fingerprint density at radius 1 is 1.04 bits per heavy atom. The van der Waals surface area contributed by atoms with Gasteiger partial charge in [-0.2, -0.15) is 13.2 Å². The highest BCUT2D eigenvalue weighted by Gasteiger charge is 2.34. The van der Waals surface area contributed by atoms with Crippen LogP contribution in [0.3, 0.4) is 0 Å². The monoisotopic (exact) mass is 350 g/mol. The van der Waals surface area contributed by atoms with Gasteiger partial charge in [0, 0.05) is 23.7 Å². The number of pyridine rings is 1. The SMILES string of the molecule is CC(C)(C)Cn1ccc2cc(F)c(-c3ccccc3C(F)(F)F)nc21. The van der Waals surface area contributed by atoms with Crippen LogP contribution in [0.1, 0.15) is 26.3 Å². The largest absolute Gasteiger partial charge is 0.417 e. The van der Waals surface area contributed by atoms with Gasteiger partial charge in [0.05, 0.1) is 5.56 Å². The van der Waals surface area contributed by atoms with Crippen LogP contribution >= 0.6 is 0 Å². The van der Waals surface area contributed by atoms with Crippen molar-refractivity contribution >= 4 is 11.0 Å². The number of rotatable bonds is 2. The number of halogens is 4. The third kappa shape index (κ3) is 3.52. The van der Waals surface area contributed by atoms with Gasteiger partial charge in [-0.3, -0.25) is 0 Å². The number of fused-ring (bicyclic) bond motifs is 1. The molecule has 0 radical (unpaired) electrons. The van der Waals surface area contributed by atoms with Crippen LogP contribution in [0.25, 0.3) is 22.3 Å². The molecule has 25 heavy (non-hydrogen) atoms. The van der Waals surface area contributed by atoms with Crippen LogP contribution in [0, 0.1) is 11.2 Å². The molecule has 0 unspecified atom stereocenters. The van der Waals surface area contributed by atoms with Crippen LogP contribution in [0.2, 0.25) is 0 Å². The molecular weight excluding hydrogens is 332 g/mol. The van der Waals surface area contributed by atoms with Crippen molar-refractivity contribution in [1.29, 1.82) is 0 Å². The van der Waals surface area contributed by atoms with Crippen molar-refractivity contribution in [2.75, 3.05) is 0 Å². The van der Waals surface area contributed by atoms with Gasteiger partial charge < -0.3 is 4.57 Å². The van der Waals surface area contributed by atoms with E-state index in [0.717, 1.165) is 6.07 Å². The molecule has 0 aliphatic heterocycles. The molecule has 2 aromatic heterocycles. The molecule has 0 fully saturated rings. The van der Waals surface area contributed by atoms with E-state index in [1.54, 1.807) is 12.3 Å². The van der Waals surface area contributed by atoms with Crippen molar-refractivity contribution in [3.05, 3.63) is 54.0 Å². The number of hydrogen-bond donors (Lipinski definition) is 0. The Labute approximate surface area is 143 Å². The Balaban J connectivity index is 2.21. The molecule has 6 heteroatoms. The van der Waals surface area contributed by atoms with Gasteiger partial charge in [0.1, 0.15) is 17.2 Å². The highest BCUT2D eigenvalue weighted by molar-refractivity contribution is 5.80. The minimum atomic E-state index is -4.58. The molecule has 0 saturated carbocycles. The fourth-order valence-electron chi connectivity index (χ4n) is 2.85. The second-order valence-electron chi connectivity index (χ2n) is 7.28. The molecule has 2 nitrogen and oxygen atoms in total. The standard InChI is InChI=1S/C19H18F4N2/c1-18(2,3)11-25-9-8-12-10-15(20)16(24-17(12)25)13-6-4-5-7-14(13)19(21,22)23/h4-10H,11H2,1-3H3. The Bertz CT molecular complexity index is 917. The van der Waals surface area contributed by atoms with Gasteiger partial charge in [-0.1, -0.05) is 39.0 Å². The Hall–Kier alpha value is -2.37. The van der Waals surface area contributed by atoms with E-state index in [1.165, 1.54) is 24.3 Å². The molecule has 0 spiro atoms. The van der Waals surface area contributed by atoms with E-state index in [-0.39, 0.29) is 16.7 Å². The Morgan fingerprint density at radius 3 is 2.36 bits per heavy atom. The summed E-state index contributed by atoms with van der Waals surface area (Å²) in [6.45, 7) is 6.75. The van der Waals surface area contributed by atoms with Crippen molar-refractivity contribution in [1.82, 2.24) is 9.55 Å². The minimum Gasteiger partial charge on any atom is -0.332 e. The molecule has 0 bridgehead atoms. The quantitative estimate of drug-likeness (QED) is 0.526. The predicted molar refractivity (Wildman–Crippen MR) is 89.6 cm³/mol. The van der Waals surface area contributed by atoms with Crippen molar-refractivity contribution in [2.45, 2.75) is 33.5 Å². The molecule has 0 atom stereocenters. The van der Waals surface area contributed by atoms with Gasteiger partial charge in [0.2, 0.25) is 0 Å². The summed E-state index contributed by atoms with van der Waals surface area (Å²) in [5.74, 6) is -0.766. The first-order valence-corrected chi connectivity index (χ1v) is 7.88. The molecule has 0 aliphatic carbocycles. The zero-order valence-electron chi connectivity index (χ0n) is 14.2. The van der Waals surface area contributed by atoms with Gasteiger partial charge >= 0.3 is 6.18 Å². The van der Waals surface area contributed by atoms with E-state index < -0.39 is 17.6 Å². The van der Waals surface area contributed by atoms with Gasteiger partial charge in [0.25, 0.3) is 0 Å². The molecule has 0 saturated heterocycles. The molecule has 2 heterocycles. The number of aromatic nitrogens is 2. The fraction of sp³-hybridized carbons (Fsp3) is 0.316. The lowest BCUT2D eigenvalue weighted by Crippen LogP contribution is -2.15. The lowest BCUT2D eigenvalue weighted by molar-refractivity contribution is -0.137. The maximum Gasteiger partial charge on any atom is 0.417 e. The van der Waals surface area contributed by atoms with E-state index in [2.05, 4.69) is 4.98 Å². The first-order chi connectivity index (χ1) is 11.6. The lowest BCUT2D eigenvalue weighted by atomic mass is 9.97. The van der Waals surface area contributed by atoms with E-state index in [9.17, 15) is 17.6 Å². The Morgan fingerprint density at radius 2 is 1.72 bits per heavy atom. The average molecular weight is 350 g/mol. The topological polar surface area (TPSA) is 17.8 Å². The van der Waals surface area contributed by atoms with E-state index in [0.29, 0.717) is 17.6 Å². The van der Waals surface area contributed by atoms with E-state index in [1.807, 2.05) is 25.3 Å². The third-order valence-electron chi connectivity index (χ3n) is 3.82. The van der Waals surface area contributed by atoms with E-state index in [4.69, 9.17) is 0 Å². The highest BCUT2D eigenvalue weighted by atomic mass is 19.4. The summed E-state index contributed by atoms with van der Waals surface area (Å²) in [6.07, 6.45) is -2.80. The fourth-order valence-corrected chi connectivity index (χ4v) is 2.85. The van der Waals surface area contributed by atoms with Gasteiger partial charge in [-0.15, -0.1) is 0 Å². The summed E-state index contributed by atoms with van der Waals surface area (Å²) in [4.78, 5) is 4.25. The average Bonchev–Trinajstić information content (AvgIpc) is 2.85. The minimum absolute atomic E-state index is 0.0495.